The molecule has 11 heteroatoms. The lowest BCUT2D eigenvalue weighted by molar-refractivity contribution is -0.138. The average molecular weight is 538 g/mol. The van der Waals surface area contributed by atoms with Gasteiger partial charge in [-0.25, -0.2) is 4.79 Å². The second-order valence-corrected chi connectivity index (χ2v) is 8.40. The van der Waals surface area contributed by atoms with Crippen LogP contribution in [0.25, 0.3) is 0 Å². The summed E-state index contributed by atoms with van der Waals surface area (Å²) in [5.41, 5.74) is -1.25. The zero-order valence-electron chi connectivity index (χ0n) is 20.1. The largest absolute Gasteiger partial charge is 0.416 e. The second-order valence-electron chi connectivity index (χ2n) is 8.40. The molecule has 38 heavy (non-hydrogen) atoms. The van der Waals surface area contributed by atoms with Gasteiger partial charge >= 0.3 is 18.4 Å². The Hall–Kier alpha value is -4.02. The summed E-state index contributed by atoms with van der Waals surface area (Å²) in [4.78, 5) is 26.1. The third kappa shape index (κ3) is 8.53. The number of anilines is 2. The van der Waals surface area contributed by atoms with Gasteiger partial charge in [-0.15, -0.1) is 0 Å². The van der Waals surface area contributed by atoms with E-state index in [-0.39, 0.29) is 43.2 Å². The highest BCUT2D eigenvalue weighted by molar-refractivity contribution is 6.01. The molecule has 0 spiro atoms. The summed E-state index contributed by atoms with van der Waals surface area (Å²) < 4.78 is 78.9. The lowest BCUT2D eigenvalue weighted by Gasteiger charge is -2.24. The molecule has 0 heterocycles. The van der Waals surface area contributed by atoms with Crippen LogP contribution in [0, 0.1) is 0 Å². The molecule has 0 unspecified atom stereocenters. The highest BCUT2D eigenvalue weighted by Gasteiger charge is 2.32. The van der Waals surface area contributed by atoms with Crippen LogP contribution in [0.4, 0.5) is 42.5 Å². The maximum Gasteiger partial charge on any atom is 0.416 e. The Balaban J connectivity index is 1.68. The Morgan fingerprint density at radius 2 is 1.39 bits per heavy atom. The molecule has 3 aromatic rings. The van der Waals surface area contributed by atoms with Crippen molar-refractivity contribution in [3.05, 3.63) is 95.6 Å². The summed E-state index contributed by atoms with van der Waals surface area (Å²) in [6.45, 7) is 0.0327. The number of benzene rings is 3. The van der Waals surface area contributed by atoms with Crippen molar-refractivity contribution in [3.8, 4) is 0 Å². The van der Waals surface area contributed by atoms with Crippen LogP contribution in [-0.4, -0.2) is 25.0 Å². The molecule has 0 aliphatic heterocycles. The Morgan fingerprint density at radius 3 is 2.05 bits per heavy atom. The number of rotatable bonds is 9. The molecule has 0 aromatic heterocycles. The molecule has 0 aliphatic carbocycles. The number of alkyl halides is 6. The Kier molecular flexibility index (Phi) is 9.38. The fourth-order valence-corrected chi connectivity index (χ4v) is 3.62. The Morgan fingerprint density at radius 1 is 0.763 bits per heavy atom. The molecule has 3 amide bonds. The van der Waals surface area contributed by atoms with Crippen molar-refractivity contribution in [3.63, 3.8) is 0 Å². The van der Waals surface area contributed by atoms with E-state index in [4.69, 9.17) is 0 Å². The van der Waals surface area contributed by atoms with Crippen LogP contribution in [-0.2, 0) is 23.6 Å². The number of hydrogen-bond donors (Lipinski definition) is 2. The maximum atomic E-state index is 13.3. The topological polar surface area (TPSA) is 61.4 Å². The number of carbonyl (C=O) groups is 2. The van der Waals surface area contributed by atoms with Crippen molar-refractivity contribution in [2.24, 2.45) is 0 Å². The minimum Gasteiger partial charge on any atom is -0.356 e. The van der Waals surface area contributed by atoms with Gasteiger partial charge in [-0.1, -0.05) is 42.5 Å². The van der Waals surface area contributed by atoms with Crippen LogP contribution >= 0.6 is 0 Å². The van der Waals surface area contributed by atoms with E-state index >= 15 is 0 Å². The molecule has 0 bridgehead atoms. The van der Waals surface area contributed by atoms with Gasteiger partial charge in [-0.3, -0.25) is 9.69 Å². The van der Waals surface area contributed by atoms with Crippen LogP contribution in [0.15, 0.2) is 78.9 Å². The summed E-state index contributed by atoms with van der Waals surface area (Å²) in [6.07, 6.45) is -8.35. The number of halogens is 6. The van der Waals surface area contributed by atoms with Gasteiger partial charge in [0.05, 0.1) is 11.1 Å². The van der Waals surface area contributed by atoms with Gasteiger partial charge in [0.15, 0.2) is 0 Å². The van der Waals surface area contributed by atoms with Gasteiger partial charge in [0, 0.05) is 30.9 Å². The van der Waals surface area contributed by atoms with Crippen molar-refractivity contribution in [2.45, 2.75) is 31.6 Å². The van der Waals surface area contributed by atoms with Crippen LogP contribution in [0.1, 0.15) is 29.5 Å². The molecule has 3 aromatic carbocycles. The normalized spacial score (nSPS) is 11.6. The van der Waals surface area contributed by atoms with Crippen molar-refractivity contribution in [1.29, 1.82) is 0 Å². The van der Waals surface area contributed by atoms with Crippen LogP contribution < -0.4 is 15.5 Å². The molecular weight excluding hydrogens is 512 g/mol. The minimum atomic E-state index is -4.66. The van der Waals surface area contributed by atoms with Crippen LogP contribution in [0.5, 0.6) is 0 Å². The predicted octanol–water partition coefficient (Wildman–Crippen LogP) is 6.90. The standard InChI is InChI=1S/C27H25F6N3O2/c28-26(29,30)20-9-4-11-22(17-20)35-25(38)36(23-12-5-10-21(18-23)27(31,32)33)16-6-15-34-24(37)14-13-19-7-2-1-3-8-19/h1-5,7-12,17-18H,6,13-16H2,(H,34,37)(H,35,38). The van der Waals surface area contributed by atoms with Crippen molar-refractivity contribution >= 4 is 23.3 Å². The summed E-state index contributed by atoms with van der Waals surface area (Å²) >= 11 is 0. The van der Waals surface area contributed by atoms with E-state index in [0.29, 0.717) is 6.42 Å². The molecule has 0 aliphatic rings. The first kappa shape index (κ1) is 28.5. The lowest BCUT2D eigenvalue weighted by atomic mass is 10.1. The number of amides is 3. The number of urea groups is 1. The molecule has 0 saturated heterocycles. The maximum absolute atomic E-state index is 13.3. The van der Waals surface area contributed by atoms with Gasteiger partial charge < -0.3 is 10.6 Å². The number of aryl methyl sites for hydroxylation is 1. The SMILES string of the molecule is O=C(CCc1ccccc1)NCCCN(C(=O)Nc1cccc(C(F)(F)F)c1)c1cccc(C(F)(F)F)c1. The molecule has 5 nitrogen and oxygen atoms in total. The molecule has 3 rings (SSSR count). The number of nitrogens with zero attached hydrogens (tertiary/aromatic N) is 1. The minimum absolute atomic E-state index is 0.0975. The first-order chi connectivity index (χ1) is 17.9. The first-order valence-electron chi connectivity index (χ1n) is 11.7. The van der Waals surface area contributed by atoms with Gasteiger partial charge in [0.2, 0.25) is 5.91 Å². The van der Waals surface area contributed by atoms with E-state index in [1.807, 2.05) is 30.3 Å². The molecule has 202 valence electrons. The van der Waals surface area contributed by atoms with E-state index in [0.717, 1.165) is 46.9 Å². The number of carbonyl (C=O) groups excluding carboxylic acids is 2. The Bertz CT molecular complexity index is 1230. The monoisotopic (exact) mass is 537 g/mol. The van der Waals surface area contributed by atoms with Crippen LogP contribution in [0.3, 0.4) is 0 Å². The highest BCUT2D eigenvalue weighted by Crippen LogP contribution is 2.33. The van der Waals surface area contributed by atoms with Crippen molar-refractivity contribution < 1.29 is 35.9 Å². The number of hydrogen-bond acceptors (Lipinski definition) is 2. The van der Waals surface area contributed by atoms with Gasteiger partial charge in [-0.2, -0.15) is 26.3 Å². The number of nitrogens with one attached hydrogen (secondary N) is 2. The fourth-order valence-electron chi connectivity index (χ4n) is 3.62. The summed E-state index contributed by atoms with van der Waals surface area (Å²) in [5, 5.41) is 5.02. The van der Waals surface area contributed by atoms with Gasteiger partial charge in [0.1, 0.15) is 0 Å². The molecule has 0 atom stereocenters. The molecule has 0 saturated carbocycles. The van der Waals surface area contributed by atoms with Crippen LogP contribution in [0.2, 0.25) is 0 Å². The van der Waals surface area contributed by atoms with E-state index in [2.05, 4.69) is 10.6 Å². The van der Waals surface area contributed by atoms with Gasteiger partial charge in [-0.05, 0) is 54.8 Å². The van der Waals surface area contributed by atoms with E-state index in [9.17, 15) is 35.9 Å². The zero-order valence-corrected chi connectivity index (χ0v) is 20.1. The van der Waals surface area contributed by atoms with E-state index in [1.54, 1.807) is 0 Å². The lowest BCUT2D eigenvalue weighted by Crippen LogP contribution is -2.37. The highest BCUT2D eigenvalue weighted by atomic mass is 19.4. The van der Waals surface area contributed by atoms with E-state index in [1.165, 1.54) is 12.1 Å². The van der Waals surface area contributed by atoms with E-state index < -0.39 is 29.5 Å². The zero-order chi connectivity index (χ0) is 27.8. The second kappa shape index (κ2) is 12.5. The molecular formula is C27H25F6N3O2. The summed E-state index contributed by atoms with van der Waals surface area (Å²) in [5.74, 6) is -0.229. The third-order valence-electron chi connectivity index (χ3n) is 5.54. The Labute approximate surface area is 215 Å². The third-order valence-corrected chi connectivity index (χ3v) is 5.54. The smallest absolute Gasteiger partial charge is 0.356 e. The predicted molar refractivity (Wildman–Crippen MR) is 132 cm³/mol. The average Bonchev–Trinajstić information content (AvgIpc) is 2.87. The quantitative estimate of drug-likeness (QED) is 0.230. The summed E-state index contributed by atoms with van der Waals surface area (Å²) in [6, 6.07) is 16.4. The molecule has 2 N–H and O–H groups in total. The fraction of sp³-hybridized carbons (Fsp3) is 0.259. The molecule has 0 fully saturated rings. The molecule has 0 radical (unpaired) electrons. The van der Waals surface area contributed by atoms with Crippen molar-refractivity contribution in [1.82, 2.24) is 5.32 Å². The summed E-state index contributed by atoms with van der Waals surface area (Å²) in [7, 11) is 0. The first-order valence-corrected chi connectivity index (χ1v) is 11.7. The van der Waals surface area contributed by atoms with Gasteiger partial charge in [0.25, 0.3) is 0 Å². The van der Waals surface area contributed by atoms with Crippen molar-refractivity contribution in [2.75, 3.05) is 23.3 Å².